The molecule has 1 aliphatic rings. The molecule has 21 heavy (non-hydrogen) atoms. The summed E-state index contributed by atoms with van der Waals surface area (Å²) in [6.07, 6.45) is 2.23. The van der Waals surface area contributed by atoms with Crippen LogP contribution in [0.2, 0.25) is 0 Å². The number of hydrogen-bond donors (Lipinski definition) is 1. The second kappa shape index (κ2) is 6.49. The molecular formula is C18H26N2O. The van der Waals surface area contributed by atoms with Gasteiger partial charge in [-0.25, -0.2) is 0 Å². The third-order valence-electron chi connectivity index (χ3n) is 4.01. The fourth-order valence-electron chi connectivity index (χ4n) is 2.69. The fraction of sp³-hybridized carbons (Fsp3) is 0.611. The summed E-state index contributed by atoms with van der Waals surface area (Å²) < 4.78 is 5.97. The molecule has 1 aromatic carbocycles. The predicted octanol–water partition coefficient (Wildman–Crippen LogP) is 3.86. The zero-order valence-electron chi connectivity index (χ0n) is 13.5. The molecule has 2 rings (SSSR count). The van der Waals surface area contributed by atoms with Gasteiger partial charge in [0.2, 0.25) is 0 Å². The minimum absolute atomic E-state index is 0.274. The Kier molecular flexibility index (Phi) is 4.90. The Morgan fingerprint density at radius 1 is 1.33 bits per heavy atom. The first-order valence-electron chi connectivity index (χ1n) is 7.88. The molecule has 1 unspecified atom stereocenters. The second-order valence-corrected chi connectivity index (χ2v) is 6.67. The van der Waals surface area contributed by atoms with E-state index in [9.17, 15) is 5.26 Å². The Morgan fingerprint density at radius 3 is 2.57 bits per heavy atom. The monoisotopic (exact) mass is 286 g/mol. The number of benzene rings is 1. The lowest BCUT2D eigenvalue weighted by atomic mass is 9.95. The maximum Gasteiger partial charge on any atom is 0.144 e. The van der Waals surface area contributed by atoms with Crippen LogP contribution in [0, 0.1) is 17.2 Å². The Morgan fingerprint density at radius 2 is 2.05 bits per heavy atom. The molecule has 0 spiro atoms. The zero-order chi connectivity index (χ0) is 15.5. The van der Waals surface area contributed by atoms with Crippen molar-refractivity contribution in [3.05, 3.63) is 29.8 Å². The summed E-state index contributed by atoms with van der Waals surface area (Å²) in [4.78, 5) is 0. The molecule has 0 saturated heterocycles. The molecule has 114 valence electrons. The molecule has 1 atom stereocenters. The van der Waals surface area contributed by atoms with Gasteiger partial charge < -0.3 is 4.74 Å². The van der Waals surface area contributed by atoms with Crippen LogP contribution in [0.4, 0.5) is 0 Å². The highest BCUT2D eigenvalue weighted by molar-refractivity contribution is 5.31. The first-order chi connectivity index (χ1) is 9.97. The van der Waals surface area contributed by atoms with Crippen molar-refractivity contribution in [2.24, 2.45) is 5.92 Å². The van der Waals surface area contributed by atoms with E-state index >= 15 is 0 Å². The van der Waals surface area contributed by atoms with Crippen LogP contribution in [0.3, 0.4) is 0 Å². The molecule has 0 amide bonds. The van der Waals surface area contributed by atoms with Crippen molar-refractivity contribution in [1.82, 2.24) is 5.32 Å². The Bertz CT molecular complexity index is 514. The number of nitrogens with one attached hydrogen (secondary N) is 1. The van der Waals surface area contributed by atoms with Gasteiger partial charge in [-0.05, 0) is 56.2 Å². The summed E-state index contributed by atoms with van der Waals surface area (Å²) >= 11 is 0. The van der Waals surface area contributed by atoms with Gasteiger partial charge in [0.15, 0.2) is 0 Å². The summed E-state index contributed by atoms with van der Waals surface area (Å²) in [6.45, 7) is 8.90. The van der Waals surface area contributed by atoms with Crippen molar-refractivity contribution in [2.75, 3.05) is 6.61 Å². The van der Waals surface area contributed by atoms with E-state index in [4.69, 9.17) is 4.74 Å². The van der Waals surface area contributed by atoms with Gasteiger partial charge in [0.1, 0.15) is 17.9 Å². The third-order valence-corrected chi connectivity index (χ3v) is 4.01. The van der Waals surface area contributed by atoms with E-state index in [1.807, 2.05) is 12.1 Å². The fourth-order valence-corrected chi connectivity index (χ4v) is 2.69. The Labute approximate surface area is 128 Å². The molecule has 1 aromatic rings. The van der Waals surface area contributed by atoms with E-state index in [0.717, 1.165) is 18.6 Å². The molecule has 0 aromatic heterocycles. The van der Waals surface area contributed by atoms with Crippen molar-refractivity contribution in [2.45, 2.75) is 58.0 Å². The van der Waals surface area contributed by atoms with E-state index in [0.29, 0.717) is 18.4 Å². The van der Waals surface area contributed by atoms with E-state index < -0.39 is 5.54 Å². The maximum atomic E-state index is 9.66. The van der Waals surface area contributed by atoms with Gasteiger partial charge in [-0.2, -0.15) is 5.26 Å². The van der Waals surface area contributed by atoms with Gasteiger partial charge in [0.05, 0.1) is 6.07 Å². The first-order valence-corrected chi connectivity index (χ1v) is 7.88. The Hall–Kier alpha value is -1.53. The summed E-state index contributed by atoms with van der Waals surface area (Å²) in [7, 11) is 0. The quantitative estimate of drug-likeness (QED) is 0.828. The topological polar surface area (TPSA) is 45.0 Å². The Balaban J connectivity index is 2.08. The summed E-state index contributed by atoms with van der Waals surface area (Å²) in [6, 6.07) is 10.9. The number of rotatable bonds is 7. The minimum atomic E-state index is -0.554. The second-order valence-electron chi connectivity index (χ2n) is 6.67. The third kappa shape index (κ3) is 3.98. The summed E-state index contributed by atoms with van der Waals surface area (Å²) in [5.41, 5.74) is 0.709. The molecule has 0 aliphatic heterocycles. The first kappa shape index (κ1) is 15.9. The zero-order valence-corrected chi connectivity index (χ0v) is 13.5. The van der Waals surface area contributed by atoms with E-state index in [-0.39, 0.29) is 6.04 Å². The molecule has 1 saturated carbocycles. The van der Waals surface area contributed by atoms with Crippen LogP contribution in [-0.2, 0) is 0 Å². The average molecular weight is 286 g/mol. The maximum absolute atomic E-state index is 9.66. The van der Waals surface area contributed by atoms with Crippen LogP contribution in [0.1, 0.15) is 52.0 Å². The molecule has 3 heteroatoms. The van der Waals surface area contributed by atoms with Gasteiger partial charge in [-0.15, -0.1) is 0 Å². The molecule has 0 heterocycles. The number of hydrogen-bond acceptors (Lipinski definition) is 3. The molecule has 1 aliphatic carbocycles. The largest absolute Gasteiger partial charge is 0.491 e. The lowest BCUT2D eigenvalue weighted by Crippen LogP contribution is -2.53. The van der Waals surface area contributed by atoms with Gasteiger partial charge in [0, 0.05) is 6.04 Å². The van der Waals surface area contributed by atoms with Crippen molar-refractivity contribution < 1.29 is 4.74 Å². The smallest absolute Gasteiger partial charge is 0.144 e. The molecule has 1 fully saturated rings. The van der Waals surface area contributed by atoms with Crippen molar-refractivity contribution >= 4 is 0 Å². The summed E-state index contributed by atoms with van der Waals surface area (Å²) in [5, 5.41) is 13.1. The van der Waals surface area contributed by atoms with E-state index in [2.05, 4.69) is 51.2 Å². The van der Waals surface area contributed by atoms with Crippen LogP contribution >= 0.6 is 0 Å². The standard InChI is InChI=1S/C18H26N2O/c1-13(2)15-6-5-7-17(10-15)21-12-18(11-19,16-8-9-16)20-14(3)4/h5-7,10,13-14,16,20H,8-9,12H2,1-4H3. The molecule has 0 radical (unpaired) electrons. The highest BCUT2D eigenvalue weighted by atomic mass is 16.5. The van der Waals surface area contributed by atoms with Crippen LogP contribution in [-0.4, -0.2) is 18.2 Å². The average Bonchev–Trinajstić information content (AvgIpc) is 3.28. The van der Waals surface area contributed by atoms with Crippen LogP contribution in [0.5, 0.6) is 5.75 Å². The van der Waals surface area contributed by atoms with Gasteiger partial charge in [0.25, 0.3) is 0 Å². The summed E-state index contributed by atoms with van der Waals surface area (Å²) in [5.74, 6) is 1.75. The molecular weight excluding hydrogens is 260 g/mol. The molecule has 0 bridgehead atoms. The lowest BCUT2D eigenvalue weighted by molar-refractivity contribution is 0.192. The van der Waals surface area contributed by atoms with Crippen molar-refractivity contribution in [3.63, 3.8) is 0 Å². The van der Waals surface area contributed by atoms with Gasteiger partial charge >= 0.3 is 0 Å². The molecule has 1 N–H and O–H groups in total. The number of ether oxygens (including phenoxy) is 1. The molecule has 3 nitrogen and oxygen atoms in total. The van der Waals surface area contributed by atoms with Crippen LogP contribution in [0.15, 0.2) is 24.3 Å². The van der Waals surface area contributed by atoms with Crippen molar-refractivity contribution in [3.8, 4) is 11.8 Å². The number of nitriles is 1. The highest BCUT2D eigenvalue weighted by Crippen LogP contribution is 2.40. The highest BCUT2D eigenvalue weighted by Gasteiger charge is 2.46. The van der Waals surface area contributed by atoms with E-state index in [1.54, 1.807) is 0 Å². The van der Waals surface area contributed by atoms with Crippen molar-refractivity contribution in [1.29, 1.82) is 5.26 Å². The predicted molar refractivity (Wildman–Crippen MR) is 85.4 cm³/mol. The van der Waals surface area contributed by atoms with Gasteiger partial charge in [-0.1, -0.05) is 26.0 Å². The lowest BCUT2D eigenvalue weighted by Gasteiger charge is -2.30. The number of nitrogens with zero attached hydrogens (tertiary/aromatic N) is 1. The minimum Gasteiger partial charge on any atom is -0.491 e. The van der Waals surface area contributed by atoms with E-state index in [1.165, 1.54) is 5.56 Å². The SMILES string of the molecule is CC(C)NC(C#N)(COc1cccc(C(C)C)c1)C1CC1. The van der Waals surface area contributed by atoms with Crippen LogP contribution < -0.4 is 10.1 Å². The van der Waals surface area contributed by atoms with Crippen LogP contribution in [0.25, 0.3) is 0 Å². The normalized spacial score (nSPS) is 17.6. The van der Waals surface area contributed by atoms with Gasteiger partial charge in [-0.3, -0.25) is 5.32 Å².